The summed E-state index contributed by atoms with van der Waals surface area (Å²) in [6.45, 7) is 1.77. The summed E-state index contributed by atoms with van der Waals surface area (Å²) >= 11 is 0. The second kappa shape index (κ2) is 4.18. The quantitative estimate of drug-likeness (QED) is 0.806. The van der Waals surface area contributed by atoms with Crippen molar-refractivity contribution in [1.29, 1.82) is 0 Å². The minimum Gasteiger partial charge on any atom is -0.327 e. The Balaban J connectivity index is 2.37. The fourth-order valence-electron chi connectivity index (χ4n) is 2.49. The van der Waals surface area contributed by atoms with Gasteiger partial charge in [-0.05, 0) is 25.0 Å². The number of hydrogen-bond donors (Lipinski definition) is 1. The molecule has 17 heavy (non-hydrogen) atoms. The van der Waals surface area contributed by atoms with Gasteiger partial charge in [0.2, 0.25) is 0 Å². The minimum absolute atomic E-state index is 0.0716. The van der Waals surface area contributed by atoms with Gasteiger partial charge < -0.3 is 5.73 Å². The van der Waals surface area contributed by atoms with Gasteiger partial charge >= 0.3 is 0 Å². The predicted molar refractivity (Wildman–Crippen MR) is 60.6 cm³/mol. The summed E-state index contributed by atoms with van der Waals surface area (Å²) in [5.41, 5.74) is 5.30. The molecule has 2 atom stereocenters. The van der Waals surface area contributed by atoms with Crippen molar-refractivity contribution in [2.45, 2.75) is 32.2 Å². The smallest absolute Gasteiger partial charge is 0.170 e. The maximum Gasteiger partial charge on any atom is 0.170 e. The van der Waals surface area contributed by atoms with Crippen LogP contribution in [-0.4, -0.2) is 11.8 Å². The van der Waals surface area contributed by atoms with Crippen molar-refractivity contribution < 1.29 is 13.6 Å². The average Bonchev–Trinajstić information content (AvgIpc) is 2.58. The highest BCUT2D eigenvalue weighted by Gasteiger charge is 2.43. The average molecular weight is 239 g/mol. The fraction of sp³-hybridized carbons (Fsp3) is 0.462. The first kappa shape index (κ1) is 12.2. The molecule has 0 aromatic heterocycles. The summed E-state index contributed by atoms with van der Waals surface area (Å²) in [5, 5.41) is 0. The Bertz CT molecular complexity index is 440. The zero-order valence-corrected chi connectivity index (χ0v) is 9.67. The third-order valence-corrected chi connectivity index (χ3v) is 3.67. The molecule has 2 unspecified atom stereocenters. The maximum atomic E-state index is 13.1. The summed E-state index contributed by atoms with van der Waals surface area (Å²) in [4.78, 5) is 12.3. The van der Waals surface area contributed by atoms with Crippen LogP contribution >= 0.6 is 0 Å². The van der Waals surface area contributed by atoms with Gasteiger partial charge in [0.05, 0.1) is 0 Å². The van der Waals surface area contributed by atoms with Crippen molar-refractivity contribution in [2.75, 3.05) is 0 Å². The van der Waals surface area contributed by atoms with Crippen LogP contribution in [0.4, 0.5) is 8.78 Å². The maximum absolute atomic E-state index is 13.1. The van der Waals surface area contributed by atoms with Gasteiger partial charge in [0.1, 0.15) is 11.6 Å². The Morgan fingerprint density at radius 3 is 2.41 bits per heavy atom. The van der Waals surface area contributed by atoms with Gasteiger partial charge in [-0.1, -0.05) is 13.3 Å². The third kappa shape index (κ3) is 2.09. The first-order valence-corrected chi connectivity index (χ1v) is 5.70. The Morgan fingerprint density at radius 1 is 1.35 bits per heavy atom. The van der Waals surface area contributed by atoms with E-state index >= 15 is 0 Å². The SMILES string of the molecule is CC1(C(=O)c2cc(F)cc(F)c2)CCCC1N. The van der Waals surface area contributed by atoms with Crippen LogP contribution in [0, 0.1) is 17.0 Å². The third-order valence-electron chi connectivity index (χ3n) is 3.67. The largest absolute Gasteiger partial charge is 0.327 e. The molecule has 1 fully saturated rings. The van der Waals surface area contributed by atoms with Crippen molar-refractivity contribution >= 4 is 5.78 Å². The summed E-state index contributed by atoms with van der Waals surface area (Å²) in [6, 6.07) is 2.67. The van der Waals surface area contributed by atoms with Crippen molar-refractivity contribution in [3.63, 3.8) is 0 Å². The zero-order chi connectivity index (χ0) is 12.6. The van der Waals surface area contributed by atoms with Crippen molar-refractivity contribution in [3.05, 3.63) is 35.4 Å². The van der Waals surface area contributed by atoms with E-state index in [1.54, 1.807) is 6.92 Å². The molecular formula is C13H15F2NO. The number of benzene rings is 1. The molecule has 0 amide bonds. The van der Waals surface area contributed by atoms with Crippen LogP contribution in [0.3, 0.4) is 0 Å². The van der Waals surface area contributed by atoms with Crippen molar-refractivity contribution in [1.82, 2.24) is 0 Å². The Kier molecular flexibility index (Phi) is 3.00. The molecule has 1 saturated carbocycles. The zero-order valence-electron chi connectivity index (χ0n) is 9.67. The Hall–Kier alpha value is -1.29. The van der Waals surface area contributed by atoms with Crippen LogP contribution in [0.2, 0.25) is 0 Å². The lowest BCUT2D eigenvalue weighted by molar-refractivity contribution is 0.0801. The molecule has 2 nitrogen and oxygen atoms in total. The fourth-order valence-corrected chi connectivity index (χ4v) is 2.49. The molecule has 0 heterocycles. The van der Waals surface area contributed by atoms with E-state index in [9.17, 15) is 13.6 Å². The van der Waals surface area contributed by atoms with E-state index < -0.39 is 17.0 Å². The molecule has 2 N–H and O–H groups in total. The number of ketones is 1. The first-order valence-electron chi connectivity index (χ1n) is 5.70. The van der Waals surface area contributed by atoms with Crippen LogP contribution in [0.5, 0.6) is 0 Å². The molecule has 0 bridgehead atoms. The lowest BCUT2D eigenvalue weighted by Crippen LogP contribution is -2.41. The van der Waals surface area contributed by atoms with E-state index in [1.807, 2.05) is 0 Å². The van der Waals surface area contributed by atoms with E-state index in [-0.39, 0.29) is 17.4 Å². The van der Waals surface area contributed by atoms with Crippen LogP contribution in [0.25, 0.3) is 0 Å². The molecule has 1 aromatic carbocycles. The van der Waals surface area contributed by atoms with Crippen molar-refractivity contribution in [2.24, 2.45) is 11.1 Å². The molecule has 2 rings (SSSR count). The highest BCUT2D eigenvalue weighted by atomic mass is 19.1. The van der Waals surface area contributed by atoms with Crippen LogP contribution in [0.15, 0.2) is 18.2 Å². The monoisotopic (exact) mass is 239 g/mol. The normalized spacial score (nSPS) is 28.4. The van der Waals surface area contributed by atoms with Gasteiger partial charge in [0.15, 0.2) is 5.78 Å². The molecule has 1 aliphatic rings. The predicted octanol–water partition coefficient (Wildman–Crippen LogP) is 2.67. The standard InChI is InChI=1S/C13H15F2NO/c1-13(4-2-3-11(13)16)12(17)8-5-9(14)7-10(15)6-8/h5-7,11H,2-4,16H2,1H3. The number of carbonyl (C=O) groups is 1. The summed E-state index contributed by atoms with van der Waals surface area (Å²) < 4.78 is 26.1. The summed E-state index contributed by atoms with van der Waals surface area (Å²) in [5.74, 6) is -1.73. The first-order chi connectivity index (χ1) is 7.93. The molecule has 1 aliphatic carbocycles. The van der Waals surface area contributed by atoms with E-state index in [4.69, 9.17) is 5.73 Å². The lowest BCUT2D eigenvalue weighted by atomic mass is 9.78. The van der Waals surface area contributed by atoms with E-state index in [0.717, 1.165) is 31.0 Å². The topological polar surface area (TPSA) is 43.1 Å². The summed E-state index contributed by atoms with van der Waals surface area (Å²) in [7, 11) is 0. The van der Waals surface area contributed by atoms with E-state index in [1.165, 1.54) is 0 Å². The van der Waals surface area contributed by atoms with Crippen LogP contribution in [0.1, 0.15) is 36.5 Å². The molecule has 0 saturated heterocycles. The number of halogens is 2. The van der Waals surface area contributed by atoms with Gasteiger partial charge in [-0.15, -0.1) is 0 Å². The molecule has 92 valence electrons. The second-order valence-corrected chi connectivity index (χ2v) is 4.90. The molecule has 1 aromatic rings. The Labute approximate surface area is 98.8 Å². The van der Waals surface area contributed by atoms with Crippen LogP contribution < -0.4 is 5.73 Å². The van der Waals surface area contributed by atoms with Crippen molar-refractivity contribution in [3.8, 4) is 0 Å². The van der Waals surface area contributed by atoms with E-state index in [0.29, 0.717) is 6.42 Å². The number of carbonyl (C=O) groups excluding carboxylic acids is 1. The summed E-state index contributed by atoms with van der Waals surface area (Å²) in [6.07, 6.45) is 2.33. The van der Waals surface area contributed by atoms with Gasteiger partial charge in [-0.25, -0.2) is 8.78 Å². The van der Waals surface area contributed by atoms with Gasteiger partial charge in [0, 0.05) is 23.1 Å². The van der Waals surface area contributed by atoms with Gasteiger partial charge in [0.25, 0.3) is 0 Å². The highest BCUT2D eigenvalue weighted by molar-refractivity contribution is 6.01. The van der Waals surface area contributed by atoms with E-state index in [2.05, 4.69) is 0 Å². The van der Waals surface area contributed by atoms with Gasteiger partial charge in [-0.2, -0.15) is 0 Å². The number of Topliss-reactive ketones (excluding diaryl/α,β-unsaturated/α-hetero) is 1. The highest BCUT2D eigenvalue weighted by Crippen LogP contribution is 2.39. The lowest BCUT2D eigenvalue weighted by Gasteiger charge is -2.27. The molecule has 4 heteroatoms. The molecule has 0 radical (unpaired) electrons. The van der Waals surface area contributed by atoms with Gasteiger partial charge in [-0.3, -0.25) is 4.79 Å². The Morgan fingerprint density at radius 2 is 1.94 bits per heavy atom. The molecular weight excluding hydrogens is 224 g/mol. The number of rotatable bonds is 2. The van der Waals surface area contributed by atoms with Crippen LogP contribution in [-0.2, 0) is 0 Å². The molecule has 0 spiro atoms. The number of nitrogens with two attached hydrogens (primary N) is 1. The second-order valence-electron chi connectivity index (χ2n) is 4.90. The number of hydrogen-bond acceptors (Lipinski definition) is 2. The molecule has 0 aliphatic heterocycles. The minimum atomic E-state index is -0.733.